The van der Waals surface area contributed by atoms with Gasteiger partial charge in [0.2, 0.25) is 0 Å². The average Bonchev–Trinajstić information content (AvgIpc) is 2.64. The highest BCUT2D eigenvalue weighted by Gasteiger charge is 1.96. The molecule has 0 saturated carbocycles. The van der Waals surface area contributed by atoms with Gasteiger partial charge in [-0.3, -0.25) is 0 Å². The van der Waals surface area contributed by atoms with Crippen LogP contribution < -0.4 is 0 Å². The Hall–Kier alpha value is -1.30. The van der Waals surface area contributed by atoms with Crippen molar-refractivity contribution in [3.05, 3.63) is 58.2 Å². The molecule has 0 aromatic heterocycles. The van der Waals surface area contributed by atoms with Gasteiger partial charge in [-0.25, -0.2) is 0 Å². The monoisotopic (exact) mass is 412 g/mol. The minimum absolute atomic E-state index is 0.832. The van der Waals surface area contributed by atoms with Crippen LogP contribution in [0.5, 0.6) is 0 Å². The third-order valence-corrected chi connectivity index (χ3v) is 5.66. The van der Waals surface area contributed by atoms with E-state index in [1.165, 1.54) is 87.3 Å². The number of hydrogen-bond acceptors (Lipinski definition) is 0. The lowest BCUT2D eigenvalue weighted by Crippen LogP contribution is -1.87. The van der Waals surface area contributed by atoms with E-state index in [4.69, 9.17) is 0 Å². The third-order valence-electron chi connectivity index (χ3n) is 5.66. The molecule has 0 saturated heterocycles. The van der Waals surface area contributed by atoms with E-state index in [9.17, 15) is 0 Å². The highest BCUT2D eigenvalue weighted by atomic mass is 14.0. The fourth-order valence-electron chi connectivity index (χ4n) is 3.54. The summed E-state index contributed by atoms with van der Waals surface area (Å²) in [6.07, 6.45) is 25.6. The van der Waals surface area contributed by atoms with Crippen molar-refractivity contribution in [2.75, 3.05) is 0 Å². The first-order valence-corrected chi connectivity index (χ1v) is 12.5. The predicted octanol–water partition coefficient (Wildman–Crippen LogP) is 10.7. The summed E-state index contributed by atoms with van der Waals surface area (Å²) in [6.45, 7) is 18.1. The third kappa shape index (κ3) is 20.0. The molecule has 0 bridgehead atoms. The van der Waals surface area contributed by atoms with Crippen LogP contribution in [-0.2, 0) is 0 Å². The number of unbranched alkanes of at least 4 members (excludes halogenated alkanes) is 1. The second-order valence-electron chi connectivity index (χ2n) is 9.96. The first-order valence-electron chi connectivity index (χ1n) is 12.5. The summed E-state index contributed by atoms with van der Waals surface area (Å²) >= 11 is 0. The van der Waals surface area contributed by atoms with E-state index in [1.54, 1.807) is 11.1 Å². The molecule has 0 atom stereocenters. The fourth-order valence-corrected chi connectivity index (χ4v) is 3.54. The first-order chi connectivity index (χ1) is 14.2. The molecule has 0 aliphatic heterocycles. The zero-order valence-electron chi connectivity index (χ0n) is 21.7. The van der Waals surface area contributed by atoms with Crippen LogP contribution in [0.25, 0.3) is 0 Å². The van der Waals surface area contributed by atoms with Crippen molar-refractivity contribution in [3.8, 4) is 0 Å². The van der Waals surface area contributed by atoms with E-state index in [2.05, 4.69) is 85.8 Å². The van der Waals surface area contributed by atoms with E-state index < -0.39 is 0 Å². The van der Waals surface area contributed by atoms with Gasteiger partial charge in [-0.2, -0.15) is 0 Å². The largest absolute Gasteiger partial charge is 0.0856 e. The van der Waals surface area contributed by atoms with Crippen molar-refractivity contribution in [2.24, 2.45) is 5.92 Å². The highest BCUT2D eigenvalue weighted by Crippen LogP contribution is 2.15. The molecule has 0 unspecified atom stereocenters. The van der Waals surface area contributed by atoms with Crippen molar-refractivity contribution in [2.45, 2.75) is 126 Å². The van der Waals surface area contributed by atoms with E-state index in [-0.39, 0.29) is 0 Å². The standard InChI is InChI=1S/C30H52/c1-25(2)15-11-19-29(7)23-13-21-27(5)17-9-10-18-28(6)22-14-24-30(8)20-12-16-26(3)4/h15,17-18,23-24,26H,9-14,16,19-22H2,1-8H3/b27-17?,28-18+,29-23+,30-24?. The maximum absolute atomic E-state index is 2.46. The van der Waals surface area contributed by atoms with Crippen LogP contribution in [0.2, 0.25) is 0 Å². The molecule has 0 aliphatic carbocycles. The minimum atomic E-state index is 0.832. The lowest BCUT2D eigenvalue weighted by Gasteiger charge is -2.05. The van der Waals surface area contributed by atoms with Crippen molar-refractivity contribution >= 4 is 0 Å². The van der Waals surface area contributed by atoms with Crippen molar-refractivity contribution in [1.29, 1.82) is 0 Å². The molecule has 0 aromatic carbocycles. The number of rotatable bonds is 16. The van der Waals surface area contributed by atoms with Crippen LogP contribution in [-0.4, -0.2) is 0 Å². The molecule has 0 heterocycles. The molecule has 0 nitrogen and oxygen atoms in total. The lowest BCUT2D eigenvalue weighted by atomic mass is 10.0. The van der Waals surface area contributed by atoms with Gasteiger partial charge in [0.05, 0.1) is 0 Å². The Bertz CT molecular complexity index is 586. The number of hydrogen-bond donors (Lipinski definition) is 0. The summed E-state index contributed by atoms with van der Waals surface area (Å²) in [6, 6.07) is 0. The van der Waals surface area contributed by atoms with E-state index in [1.807, 2.05) is 0 Å². The molecule has 0 rings (SSSR count). The van der Waals surface area contributed by atoms with E-state index in [0.717, 1.165) is 5.92 Å². The maximum Gasteiger partial charge on any atom is -0.0288 e. The van der Waals surface area contributed by atoms with Gasteiger partial charge in [0.25, 0.3) is 0 Å². The van der Waals surface area contributed by atoms with Crippen LogP contribution in [0.4, 0.5) is 0 Å². The molecule has 30 heavy (non-hydrogen) atoms. The van der Waals surface area contributed by atoms with Gasteiger partial charge in [-0.15, -0.1) is 0 Å². The van der Waals surface area contributed by atoms with Crippen molar-refractivity contribution in [3.63, 3.8) is 0 Å². The predicted molar refractivity (Wildman–Crippen MR) is 140 cm³/mol. The van der Waals surface area contributed by atoms with Crippen molar-refractivity contribution in [1.82, 2.24) is 0 Å². The Morgan fingerprint density at radius 3 is 1.27 bits per heavy atom. The second-order valence-corrected chi connectivity index (χ2v) is 9.96. The Labute approximate surface area is 190 Å². The Morgan fingerprint density at radius 2 is 0.867 bits per heavy atom. The molecule has 0 aromatic rings. The van der Waals surface area contributed by atoms with Gasteiger partial charge >= 0.3 is 0 Å². The van der Waals surface area contributed by atoms with Crippen LogP contribution in [0.15, 0.2) is 58.2 Å². The molecule has 0 fully saturated rings. The summed E-state index contributed by atoms with van der Waals surface area (Å²) < 4.78 is 0. The second kappa shape index (κ2) is 18.5. The van der Waals surface area contributed by atoms with Gasteiger partial charge < -0.3 is 0 Å². The maximum atomic E-state index is 2.46. The first kappa shape index (κ1) is 28.7. The summed E-state index contributed by atoms with van der Waals surface area (Å²) in [5, 5.41) is 0. The van der Waals surface area contributed by atoms with Crippen LogP contribution in [0.3, 0.4) is 0 Å². The minimum Gasteiger partial charge on any atom is -0.0856 e. The zero-order chi connectivity index (χ0) is 22.8. The summed E-state index contributed by atoms with van der Waals surface area (Å²) in [4.78, 5) is 0. The average molecular weight is 413 g/mol. The molecular formula is C30H52. The van der Waals surface area contributed by atoms with Crippen LogP contribution >= 0.6 is 0 Å². The normalized spacial score (nSPS) is 13.9. The molecule has 0 amide bonds. The summed E-state index contributed by atoms with van der Waals surface area (Å²) in [7, 11) is 0. The van der Waals surface area contributed by atoms with Gasteiger partial charge in [0.1, 0.15) is 0 Å². The Balaban J connectivity index is 4.01. The Kier molecular flexibility index (Phi) is 17.7. The highest BCUT2D eigenvalue weighted by molar-refractivity contribution is 5.07. The molecule has 0 heteroatoms. The zero-order valence-corrected chi connectivity index (χ0v) is 21.7. The van der Waals surface area contributed by atoms with Gasteiger partial charge in [-0.05, 0) is 112 Å². The molecule has 0 N–H and O–H groups in total. The Morgan fingerprint density at radius 1 is 0.500 bits per heavy atom. The lowest BCUT2D eigenvalue weighted by molar-refractivity contribution is 0.554. The quantitative estimate of drug-likeness (QED) is 0.175. The topological polar surface area (TPSA) is 0 Å². The summed E-state index contributed by atoms with van der Waals surface area (Å²) in [5.41, 5.74) is 7.61. The van der Waals surface area contributed by atoms with Gasteiger partial charge in [0, 0.05) is 0 Å². The fraction of sp³-hybridized carbons (Fsp3) is 0.667. The molecule has 0 radical (unpaired) electrons. The van der Waals surface area contributed by atoms with Crippen LogP contribution in [0.1, 0.15) is 126 Å². The van der Waals surface area contributed by atoms with Gasteiger partial charge in [-0.1, -0.05) is 78.5 Å². The smallest absolute Gasteiger partial charge is 0.0288 e. The van der Waals surface area contributed by atoms with Gasteiger partial charge in [0.15, 0.2) is 0 Å². The van der Waals surface area contributed by atoms with E-state index in [0.29, 0.717) is 0 Å². The molecule has 0 aliphatic rings. The summed E-state index contributed by atoms with van der Waals surface area (Å²) in [5.74, 6) is 0.832. The van der Waals surface area contributed by atoms with E-state index >= 15 is 0 Å². The number of allylic oxidation sites excluding steroid dienone is 10. The molecular weight excluding hydrogens is 360 g/mol. The van der Waals surface area contributed by atoms with Crippen LogP contribution in [0, 0.1) is 5.92 Å². The molecule has 0 spiro atoms. The molecule has 172 valence electrons. The van der Waals surface area contributed by atoms with Crippen molar-refractivity contribution < 1.29 is 0 Å². The SMILES string of the molecule is CC(C)=CCC/C(C)=C/CCC(C)=CCC/C=C(\C)CCC=C(C)CCCC(C)C.